The third kappa shape index (κ3) is 2.44. The summed E-state index contributed by atoms with van der Waals surface area (Å²) in [6.45, 7) is 0. The Hall–Kier alpha value is 0.124. The van der Waals surface area contributed by atoms with Crippen LogP contribution >= 0.6 is 0 Å². The maximum Gasteiger partial charge on any atom is 3.00 e. The van der Waals surface area contributed by atoms with E-state index in [1.807, 2.05) is 12.1 Å². The van der Waals surface area contributed by atoms with Gasteiger partial charge in [-0.25, -0.2) is 0 Å². The first-order valence-electron chi connectivity index (χ1n) is 2.12. The van der Waals surface area contributed by atoms with Crippen molar-refractivity contribution in [1.82, 2.24) is 0 Å². The minimum Gasteiger partial charge on any atom is -0.420 e. The molecule has 0 unspecified atom stereocenters. The average molecular weight is 181 g/mol. The first-order valence-corrected chi connectivity index (χ1v) is 2.12. The Morgan fingerprint density at radius 2 is 2.12 bits per heavy atom. The second kappa shape index (κ2) is 4.05. The summed E-state index contributed by atoms with van der Waals surface area (Å²) in [4.78, 5) is 0. The molecule has 1 rings (SSSR count). The molecule has 8 heavy (non-hydrogen) atoms. The third-order valence-electron chi connectivity index (χ3n) is 0.733. The van der Waals surface area contributed by atoms with Gasteiger partial charge in [0, 0.05) is 0 Å². The standard InChI is InChI=1S/C6H6N.Y/c7-6-4-2-1-3-5-6;/h1-4H,7H2;/q-1;+3. The topological polar surface area (TPSA) is 26.0 Å². The summed E-state index contributed by atoms with van der Waals surface area (Å²) >= 11 is 0. The molecule has 0 radical (unpaired) electrons. The van der Waals surface area contributed by atoms with Gasteiger partial charge in [0.15, 0.2) is 0 Å². The summed E-state index contributed by atoms with van der Waals surface area (Å²) in [7, 11) is 0. The van der Waals surface area contributed by atoms with Crippen molar-refractivity contribution in [2.45, 2.75) is 0 Å². The maximum absolute atomic E-state index is 5.30. The molecule has 0 heterocycles. The van der Waals surface area contributed by atoms with Crippen LogP contribution in [0.1, 0.15) is 0 Å². The zero-order chi connectivity index (χ0) is 5.11. The van der Waals surface area contributed by atoms with Gasteiger partial charge in [-0.1, -0.05) is 5.69 Å². The number of hydrogen-bond donors (Lipinski definition) is 1. The molecule has 0 bridgehead atoms. The zero-order valence-electron chi connectivity index (χ0n) is 4.46. The summed E-state index contributed by atoms with van der Waals surface area (Å²) in [6.07, 6.45) is 0. The van der Waals surface area contributed by atoms with Crippen LogP contribution in [0.25, 0.3) is 0 Å². The smallest absolute Gasteiger partial charge is 0.420 e. The van der Waals surface area contributed by atoms with Gasteiger partial charge in [-0.2, -0.15) is 24.3 Å². The molecule has 0 saturated heterocycles. The second-order valence-corrected chi connectivity index (χ2v) is 1.32. The summed E-state index contributed by atoms with van der Waals surface area (Å²) in [6, 6.07) is 10.2. The Balaban J connectivity index is 0.000000490. The average Bonchev–Trinajstić information content (AvgIpc) is 1.69. The zero-order valence-corrected chi connectivity index (χ0v) is 7.30. The monoisotopic (exact) mass is 181 g/mol. The Morgan fingerprint density at radius 3 is 2.38 bits per heavy atom. The molecule has 0 spiro atoms. The second-order valence-electron chi connectivity index (χ2n) is 1.32. The number of rotatable bonds is 0. The molecule has 0 fully saturated rings. The molecular weight excluding hydrogens is 175 g/mol. The molecule has 0 aromatic heterocycles. The first kappa shape index (κ1) is 8.12. The number of hydrogen-bond acceptors (Lipinski definition) is 1. The predicted molar refractivity (Wildman–Crippen MR) is 29.7 cm³/mol. The summed E-state index contributed by atoms with van der Waals surface area (Å²) in [5, 5.41) is 0. The number of nitrogens with two attached hydrogens (primary N) is 1. The van der Waals surface area contributed by atoms with Gasteiger partial charge < -0.3 is 5.73 Å². The van der Waals surface area contributed by atoms with Gasteiger partial charge in [0.1, 0.15) is 0 Å². The molecule has 0 atom stereocenters. The molecule has 2 heteroatoms. The fraction of sp³-hybridized carbons (Fsp3) is 0. The maximum atomic E-state index is 5.30. The predicted octanol–water partition coefficient (Wildman–Crippen LogP) is 1.07. The summed E-state index contributed by atoms with van der Waals surface area (Å²) in [5.74, 6) is 0. The van der Waals surface area contributed by atoms with E-state index in [-0.39, 0.29) is 32.7 Å². The molecule has 0 aliphatic heterocycles. The van der Waals surface area contributed by atoms with Crippen molar-refractivity contribution in [1.29, 1.82) is 0 Å². The van der Waals surface area contributed by atoms with E-state index >= 15 is 0 Å². The minimum absolute atomic E-state index is 0. The molecular formula is C6H6NY+2. The van der Waals surface area contributed by atoms with E-state index in [2.05, 4.69) is 6.07 Å². The fourth-order valence-corrected chi connectivity index (χ4v) is 0.407. The Kier molecular flexibility index (Phi) is 4.11. The van der Waals surface area contributed by atoms with E-state index in [9.17, 15) is 0 Å². The van der Waals surface area contributed by atoms with Crippen molar-refractivity contribution >= 4 is 5.69 Å². The fourth-order valence-electron chi connectivity index (χ4n) is 0.407. The van der Waals surface area contributed by atoms with Crippen LogP contribution < -0.4 is 5.73 Å². The van der Waals surface area contributed by atoms with Crippen molar-refractivity contribution in [3.63, 3.8) is 0 Å². The van der Waals surface area contributed by atoms with Crippen molar-refractivity contribution in [2.75, 3.05) is 5.73 Å². The van der Waals surface area contributed by atoms with Gasteiger partial charge >= 0.3 is 32.7 Å². The SMILES string of the molecule is Nc1[c-]cccc1.[Y+3]. The van der Waals surface area contributed by atoms with Gasteiger partial charge in [-0.15, -0.1) is 6.07 Å². The van der Waals surface area contributed by atoms with Gasteiger partial charge in [-0.05, 0) is 0 Å². The molecule has 1 aromatic rings. The normalized spacial score (nSPS) is 7.50. The van der Waals surface area contributed by atoms with E-state index < -0.39 is 0 Å². The minimum atomic E-state index is 0. The van der Waals surface area contributed by atoms with Crippen LogP contribution in [-0.2, 0) is 32.7 Å². The van der Waals surface area contributed by atoms with E-state index in [0.717, 1.165) is 0 Å². The quantitative estimate of drug-likeness (QED) is 0.470. The first-order chi connectivity index (χ1) is 3.39. The Labute approximate surface area is 74.2 Å². The molecule has 0 aliphatic rings. The van der Waals surface area contributed by atoms with Crippen LogP contribution in [-0.4, -0.2) is 0 Å². The molecule has 36 valence electrons. The molecule has 0 saturated carbocycles. The van der Waals surface area contributed by atoms with E-state index in [0.29, 0.717) is 5.69 Å². The van der Waals surface area contributed by atoms with Crippen LogP contribution in [0.5, 0.6) is 0 Å². The van der Waals surface area contributed by atoms with Gasteiger partial charge in [0.05, 0.1) is 0 Å². The van der Waals surface area contributed by atoms with Gasteiger partial charge in [0.25, 0.3) is 0 Å². The van der Waals surface area contributed by atoms with E-state index in [1.54, 1.807) is 12.1 Å². The molecule has 0 amide bonds. The molecule has 1 nitrogen and oxygen atoms in total. The Bertz CT molecular complexity index is 138. The largest absolute Gasteiger partial charge is 3.00 e. The third-order valence-corrected chi connectivity index (χ3v) is 0.733. The van der Waals surface area contributed by atoms with Crippen LogP contribution in [0.4, 0.5) is 5.69 Å². The van der Waals surface area contributed by atoms with E-state index in [1.165, 1.54) is 0 Å². The van der Waals surface area contributed by atoms with Crippen molar-refractivity contribution < 1.29 is 32.7 Å². The number of nitrogen functional groups attached to an aromatic ring is 1. The van der Waals surface area contributed by atoms with Gasteiger partial charge in [0.2, 0.25) is 0 Å². The van der Waals surface area contributed by atoms with Crippen LogP contribution in [0.3, 0.4) is 0 Å². The molecule has 1 aromatic carbocycles. The van der Waals surface area contributed by atoms with Crippen molar-refractivity contribution in [2.24, 2.45) is 0 Å². The van der Waals surface area contributed by atoms with Crippen molar-refractivity contribution in [3.8, 4) is 0 Å². The number of anilines is 1. The summed E-state index contributed by atoms with van der Waals surface area (Å²) in [5.41, 5.74) is 6.00. The molecule has 0 aliphatic carbocycles. The van der Waals surface area contributed by atoms with Crippen molar-refractivity contribution in [3.05, 3.63) is 30.3 Å². The summed E-state index contributed by atoms with van der Waals surface area (Å²) < 4.78 is 0. The van der Waals surface area contributed by atoms with Crippen LogP contribution in [0.2, 0.25) is 0 Å². The number of para-hydroxylation sites is 1. The van der Waals surface area contributed by atoms with Crippen LogP contribution in [0, 0.1) is 6.07 Å². The van der Waals surface area contributed by atoms with Crippen LogP contribution in [0.15, 0.2) is 24.3 Å². The van der Waals surface area contributed by atoms with Gasteiger partial charge in [-0.3, -0.25) is 0 Å². The van der Waals surface area contributed by atoms with E-state index in [4.69, 9.17) is 5.73 Å². The molecule has 2 N–H and O–H groups in total. The Morgan fingerprint density at radius 1 is 1.38 bits per heavy atom. The number of benzene rings is 1.